The fraction of sp³-hybridized carbons (Fsp3) is 0.364. The molecule has 0 spiro atoms. The summed E-state index contributed by atoms with van der Waals surface area (Å²) in [7, 11) is -3.83. The van der Waals surface area contributed by atoms with Crippen LogP contribution < -0.4 is 10.5 Å². The lowest BCUT2D eigenvalue weighted by atomic mass is 10.2. The molecule has 0 saturated carbocycles. The van der Waals surface area contributed by atoms with Crippen LogP contribution in [0.4, 0.5) is 4.39 Å². The molecule has 0 amide bonds. The summed E-state index contributed by atoms with van der Waals surface area (Å²) >= 11 is 6.23. The Hall–Kier alpha value is -0.700. The first-order chi connectivity index (χ1) is 8.79. The van der Waals surface area contributed by atoms with Gasteiger partial charge in [0, 0.05) is 11.8 Å². The Labute approximate surface area is 122 Å². The quantitative estimate of drug-likeness (QED) is 0.777. The van der Waals surface area contributed by atoms with E-state index in [4.69, 9.17) is 18.0 Å². The highest BCUT2D eigenvalue weighted by atomic mass is 32.2. The molecule has 1 rings (SSSR count). The average Bonchev–Trinajstić information content (AvgIpc) is 2.35. The molecule has 4 nitrogen and oxygen atoms in total. The van der Waals surface area contributed by atoms with Crippen LogP contribution in [0.15, 0.2) is 23.1 Å². The third-order valence-electron chi connectivity index (χ3n) is 2.47. The van der Waals surface area contributed by atoms with E-state index in [-0.39, 0.29) is 27.2 Å². The maximum Gasteiger partial charge on any atom is 0.241 e. The average molecular weight is 322 g/mol. The minimum atomic E-state index is -3.83. The molecule has 19 heavy (non-hydrogen) atoms. The Kier molecular flexibility index (Phi) is 5.72. The lowest BCUT2D eigenvalue weighted by molar-refractivity contribution is 0.577. The fourth-order valence-corrected chi connectivity index (χ4v) is 3.34. The van der Waals surface area contributed by atoms with Gasteiger partial charge in [-0.05, 0) is 18.4 Å². The summed E-state index contributed by atoms with van der Waals surface area (Å²) in [5.41, 5.74) is 5.14. The number of thiocarbonyl (C=S) groups is 1. The lowest BCUT2D eigenvalue weighted by Crippen LogP contribution is -2.31. The predicted molar refractivity (Wildman–Crippen MR) is 80.5 cm³/mol. The number of benzene rings is 1. The largest absolute Gasteiger partial charge is 0.389 e. The van der Waals surface area contributed by atoms with Crippen LogP contribution in [0.25, 0.3) is 0 Å². The second kappa shape index (κ2) is 6.65. The fourth-order valence-electron chi connectivity index (χ4n) is 1.36. The van der Waals surface area contributed by atoms with E-state index in [1.807, 2.05) is 13.2 Å². The van der Waals surface area contributed by atoms with Crippen molar-refractivity contribution in [3.63, 3.8) is 0 Å². The molecular weight excluding hydrogens is 307 g/mol. The van der Waals surface area contributed by atoms with Gasteiger partial charge in [-0.3, -0.25) is 0 Å². The van der Waals surface area contributed by atoms with Crippen molar-refractivity contribution in [1.82, 2.24) is 4.72 Å². The summed E-state index contributed by atoms with van der Waals surface area (Å²) in [5, 5.41) is 0.108. The molecule has 1 unspecified atom stereocenters. The van der Waals surface area contributed by atoms with Crippen LogP contribution in [0, 0.1) is 5.82 Å². The van der Waals surface area contributed by atoms with Crippen LogP contribution >= 0.6 is 24.0 Å². The first kappa shape index (κ1) is 16.4. The van der Waals surface area contributed by atoms with Gasteiger partial charge in [-0.25, -0.2) is 17.5 Å². The van der Waals surface area contributed by atoms with Crippen molar-refractivity contribution >= 4 is 39.0 Å². The van der Waals surface area contributed by atoms with Gasteiger partial charge in [-0.2, -0.15) is 11.8 Å². The maximum absolute atomic E-state index is 13.6. The van der Waals surface area contributed by atoms with Crippen molar-refractivity contribution in [3.8, 4) is 0 Å². The van der Waals surface area contributed by atoms with Crippen molar-refractivity contribution in [2.75, 3.05) is 12.8 Å². The molecule has 3 N–H and O–H groups in total. The molecule has 0 radical (unpaired) electrons. The Bertz CT molecular complexity index is 575. The first-order valence-electron chi connectivity index (χ1n) is 5.40. The molecule has 0 bridgehead atoms. The number of rotatable bonds is 6. The van der Waals surface area contributed by atoms with E-state index in [0.29, 0.717) is 0 Å². The van der Waals surface area contributed by atoms with Crippen LogP contribution in [-0.2, 0) is 10.0 Å². The Morgan fingerprint density at radius 2 is 2.21 bits per heavy atom. The van der Waals surface area contributed by atoms with Crippen molar-refractivity contribution < 1.29 is 12.8 Å². The summed E-state index contributed by atoms with van der Waals surface area (Å²) in [6, 6.07) is 3.71. The smallest absolute Gasteiger partial charge is 0.241 e. The van der Waals surface area contributed by atoms with E-state index in [0.717, 1.165) is 6.07 Å². The summed E-state index contributed by atoms with van der Waals surface area (Å²) in [6.07, 6.45) is 1.88. The highest BCUT2D eigenvalue weighted by Crippen LogP contribution is 2.19. The van der Waals surface area contributed by atoms with Gasteiger partial charge in [-0.1, -0.05) is 25.2 Å². The minimum absolute atomic E-state index is 0.108. The minimum Gasteiger partial charge on any atom is -0.389 e. The summed E-state index contributed by atoms with van der Waals surface area (Å²) in [6.45, 7) is 2.13. The van der Waals surface area contributed by atoms with E-state index >= 15 is 0 Å². The standard InChI is InChI=1S/C11H15FN2O2S3/c1-7(18-2)6-14-19(15,16)9-5-3-4-8(12)10(9)11(13)17/h3-5,7,14H,6H2,1-2H3,(H2,13,17). The first-order valence-corrected chi connectivity index (χ1v) is 8.58. The van der Waals surface area contributed by atoms with Crippen molar-refractivity contribution in [1.29, 1.82) is 0 Å². The number of thioether (sulfide) groups is 1. The summed E-state index contributed by atoms with van der Waals surface area (Å²) in [4.78, 5) is -0.510. The number of sulfonamides is 1. The molecule has 0 aliphatic carbocycles. The molecule has 0 fully saturated rings. The van der Waals surface area contributed by atoms with Gasteiger partial charge in [0.05, 0.1) is 10.5 Å². The van der Waals surface area contributed by atoms with E-state index in [9.17, 15) is 12.8 Å². The van der Waals surface area contributed by atoms with Gasteiger partial charge < -0.3 is 5.73 Å². The Morgan fingerprint density at radius 3 is 2.74 bits per heavy atom. The van der Waals surface area contributed by atoms with Gasteiger partial charge in [0.15, 0.2) is 0 Å². The van der Waals surface area contributed by atoms with Crippen LogP contribution in [0.1, 0.15) is 12.5 Å². The zero-order valence-electron chi connectivity index (χ0n) is 10.5. The Balaban J connectivity index is 3.15. The molecule has 0 aliphatic rings. The molecule has 106 valence electrons. The van der Waals surface area contributed by atoms with Gasteiger partial charge in [-0.15, -0.1) is 0 Å². The topological polar surface area (TPSA) is 72.2 Å². The van der Waals surface area contributed by atoms with Gasteiger partial charge in [0.1, 0.15) is 10.8 Å². The Morgan fingerprint density at radius 1 is 1.58 bits per heavy atom. The molecule has 8 heteroatoms. The molecule has 1 aromatic rings. The van der Waals surface area contributed by atoms with Gasteiger partial charge in [0.25, 0.3) is 0 Å². The van der Waals surface area contributed by atoms with Gasteiger partial charge >= 0.3 is 0 Å². The lowest BCUT2D eigenvalue weighted by Gasteiger charge is -2.13. The molecule has 1 aromatic carbocycles. The van der Waals surface area contributed by atoms with Crippen LogP contribution in [0.2, 0.25) is 0 Å². The number of halogens is 1. The summed E-state index contributed by atoms with van der Waals surface area (Å²) < 4.78 is 40.3. The molecule has 0 aliphatic heterocycles. The second-order valence-electron chi connectivity index (χ2n) is 3.88. The molecule has 0 saturated heterocycles. The van der Waals surface area contributed by atoms with E-state index in [1.165, 1.54) is 23.9 Å². The van der Waals surface area contributed by atoms with Crippen LogP contribution in [0.3, 0.4) is 0 Å². The van der Waals surface area contributed by atoms with Crippen molar-refractivity contribution in [2.45, 2.75) is 17.1 Å². The van der Waals surface area contributed by atoms with Crippen LogP contribution in [-0.4, -0.2) is 31.5 Å². The van der Waals surface area contributed by atoms with E-state index < -0.39 is 15.8 Å². The summed E-state index contributed by atoms with van der Waals surface area (Å²) in [5.74, 6) is -0.742. The number of nitrogens with two attached hydrogens (primary N) is 1. The molecule has 0 heterocycles. The van der Waals surface area contributed by atoms with E-state index in [1.54, 1.807) is 0 Å². The predicted octanol–water partition coefficient (Wildman–Crippen LogP) is 1.49. The number of hydrogen-bond donors (Lipinski definition) is 2. The molecule has 0 aromatic heterocycles. The third-order valence-corrected chi connectivity index (χ3v) is 5.12. The number of hydrogen-bond acceptors (Lipinski definition) is 4. The highest BCUT2D eigenvalue weighted by molar-refractivity contribution is 7.99. The zero-order chi connectivity index (χ0) is 14.6. The third kappa shape index (κ3) is 4.13. The maximum atomic E-state index is 13.6. The van der Waals surface area contributed by atoms with Crippen LogP contribution in [0.5, 0.6) is 0 Å². The number of nitrogens with one attached hydrogen (secondary N) is 1. The normalized spacial score (nSPS) is 13.2. The van der Waals surface area contributed by atoms with Crippen molar-refractivity contribution in [2.24, 2.45) is 5.73 Å². The SMILES string of the molecule is CSC(C)CNS(=O)(=O)c1cccc(F)c1C(N)=S. The molecule has 1 atom stereocenters. The monoisotopic (exact) mass is 322 g/mol. The van der Waals surface area contributed by atoms with Gasteiger partial charge in [0.2, 0.25) is 10.0 Å². The van der Waals surface area contributed by atoms with Crippen molar-refractivity contribution in [3.05, 3.63) is 29.6 Å². The second-order valence-corrected chi connectivity index (χ2v) is 7.33. The van der Waals surface area contributed by atoms with E-state index in [2.05, 4.69) is 4.72 Å². The highest BCUT2D eigenvalue weighted by Gasteiger charge is 2.22. The molecular formula is C11H15FN2O2S3. The zero-order valence-corrected chi connectivity index (χ0v) is 13.0.